The molecule has 0 saturated carbocycles. The van der Waals surface area contributed by atoms with Gasteiger partial charge in [0.1, 0.15) is 5.82 Å². The number of aromatic nitrogens is 2. The van der Waals surface area contributed by atoms with E-state index in [2.05, 4.69) is 41.5 Å². The molecule has 0 aliphatic heterocycles. The first-order valence-corrected chi connectivity index (χ1v) is 8.40. The van der Waals surface area contributed by atoms with Crippen molar-refractivity contribution in [2.24, 2.45) is 5.16 Å². The highest BCUT2D eigenvalue weighted by molar-refractivity contribution is 6.01. The third-order valence-corrected chi connectivity index (χ3v) is 4.60. The minimum atomic E-state index is 0.699. The second-order valence-electron chi connectivity index (χ2n) is 5.88. The van der Waals surface area contributed by atoms with Gasteiger partial charge in [-0.25, -0.2) is 4.98 Å². The van der Waals surface area contributed by atoms with E-state index >= 15 is 0 Å². The number of hydrogen-bond acceptors (Lipinski definition) is 3. The minimum Gasteiger partial charge on any atom is -0.411 e. The Labute approximate surface area is 138 Å². The summed E-state index contributed by atoms with van der Waals surface area (Å²) in [5.74, 6) is 1.02. The predicted molar refractivity (Wildman–Crippen MR) is 94.6 cm³/mol. The van der Waals surface area contributed by atoms with Crippen LogP contribution in [0.4, 0.5) is 0 Å². The molecule has 0 bridgehead atoms. The van der Waals surface area contributed by atoms with Gasteiger partial charge in [-0.05, 0) is 55.4 Å². The molecule has 23 heavy (non-hydrogen) atoms. The minimum absolute atomic E-state index is 0.699. The van der Waals surface area contributed by atoms with Gasteiger partial charge in [0.05, 0.1) is 5.71 Å². The lowest BCUT2D eigenvalue weighted by atomic mass is 9.86. The molecule has 4 heteroatoms. The topological polar surface area (TPSA) is 50.4 Å². The van der Waals surface area contributed by atoms with Crippen molar-refractivity contribution in [3.05, 3.63) is 52.1 Å². The lowest BCUT2D eigenvalue weighted by molar-refractivity contribution is 0.319. The second kappa shape index (κ2) is 7.44. The molecular weight excluding hydrogens is 286 g/mol. The Hall–Kier alpha value is -2.10. The van der Waals surface area contributed by atoms with Crippen molar-refractivity contribution in [3.8, 4) is 0 Å². The molecule has 0 amide bonds. The predicted octanol–water partition coefficient (Wildman–Crippen LogP) is 4.13. The molecule has 0 unspecified atom stereocenters. The molecule has 0 saturated heterocycles. The summed E-state index contributed by atoms with van der Waals surface area (Å²) < 4.78 is 2.18. The zero-order valence-corrected chi connectivity index (χ0v) is 14.8. The molecule has 1 aromatic heterocycles. The highest BCUT2D eigenvalue weighted by Gasteiger charge is 2.18. The van der Waals surface area contributed by atoms with Gasteiger partial charge in [0.15, 0.2) is 0 Å². The highest BCUT2D eigenvalue weighted by Crippen LogP contribution is 2.27. The van der Waals surface area contributed by atoms with Crippen LogP contribution in [0.25, 0.3) is 0 Å². The molecule has 0 radical (unpaired) electrons. The molecular formula is C19H27N3O. The van der Waals surface area contributed by atoms with Crippen molar-refractivity contribution < 1.29 is 5.21 Å². The van der Waals surface area contributed by atoms with Gasteiger partial charge in [-0.2, -0.15) is 0 Å². The number of aryl methyl sites for hydroxylation is 3. The van der Waals surface area contributed by atoms with Crippen molar-refractivity contribution in [1.82, 2.24) is 9.55 Å². The average molecular weight is 313 g/mol. The number of nitrogens with zero attached hydrogens (tertiary/aromatic N) is 3. The van der Waals surface area contributed by atoms with E-state index in [1.165, 1.54) is 22.3 Å². The van der Waals surface area contributed by atoms with Gasteiger partial charge >= 0.3 is 0 Å². The van der Waals surface area contributed by atoms with Gasteiger partial charge in [0, 0.05) is 24.5 Å². The van der Waals surface area contributed by atoms with E-state index in [1.54, 1.807) is 0 Å². The maximum atomic E-state index is 9.32. The van der Waals surface area contributed by atoms with Gasteiger partial charge in [0.2, 0.25) is 0 Å². The number of benzene rings is 1. The molecule has 0 spiro atoms. The van der Waals surface area contributed by atoms with Crippen molar-refractivity contribution in [3.63, 3.8) is 0 Å². The quantitative estimate of drug-likeness (QED) is 0.495. The number of hydrogen-bond donors (Lipinski definition) is 1. The van der Waals surface area contributed by atoms with E-state index in [0.29, 0.717) is 5.71 Å². The average Bonchev–Trinajstić information content (AvgIpc) is 2.98. The molecule has 1 N–H and O–H groups in total. The SMILES string of the molecule is CCc1cc(CC)c(C(C)=NO)c(CC)c1Cn1ccnc1C. The largest absolute Gasteiger partial charge is 0.411 e. The van der Waals surface area contributed by atoms with E-state index in [4.69, 9.17) is 0 Å². The standard InChI is InChI=1S/C19H27N3O/c1-6-15-11-16(7-2)19(13(4)21-23)17(8-3)18(15)12-22-10-9-20-14(22)5/h9-11,23H,6-8,12H2,1-5H3. The fraction of sp³-hybridized carbons (Fsp3) is 0.474. The summed E-state index contributed by atoms with van der Waals surface area (Å²) >= 11 is 0. The summed E-state index contributed by atoms with van der Waals surface area (Å²) in [4.78, 5) is 4.33. The number of rotatable bonds is 6. The molecule has 0 aliphatic rings. The maximum Gasteiger partial charge on any atom is 0.105 e. The molecule has 0 atom stereocenters. The van der Waals surface area contributed by atoms with Gasteiger partial charge in [-0.1, -0.05) is 32.0 Å². The van der Waals surface area contributed by atoms with Crippen LogP contribution in [-0.4, -0.2) is 20.5 Å². The van der Waals surface area contributed by atoms with Crippen LogP contribution in [0, 0.1) is 6.92 Å². The fourth-order valence-corrected chi connectivity index (χ4v) is 3.33. The highest BCUT2D eigenvalue weighted by atomic mass is 16.4. The molecule has 1 heterocycles. The Bertz CT molecular complexity index is 714. The Morgan fingerprint density at radius 2 is 1.83 bits per heavy atom. The van der Waals surface area contributed by atoms with Gasteiger partial charge in [-0.15, -0.1) is 0 Å². The third-order valence-electron chi connectivity index (χ3n) is 4.60. The van der Waals surface area contributed by atoms with Gasteiger partial charge in [-0.3, -0.25) is 0 Å². The Morgan fingerprint density at radius 1 is 1.13 bits per heavy atom. The fourth-order valence-electron chi connectivity index (χ4n) is 3.33. The van der Waals surface area contributed by atoms with E-state index in [0.717, 1.165) is 37.2 Å². The maximum absolute atomic E-state index is 9.32. The van der Waals surface area contributed by atoms with Crippen LogP contribution < -0.4 is 0 Å². The first-order valence-electron chi connectivity index (χ1n) is 8.40. The van der Waals surface area contributed by atoms with Crippen LogP contribution >= 0.6 is 0 Å². The summed E-state index contributed by atoms with van der Waals surface area (Å²) in [6, 6.07) is 2.28. The van der Waals surface area contributed by atoms with Crippen LogP contribution in [0.1, 0.15) is 61.3 Å². The van der Waals surface area contributed by atoms with E-state index in [1.807, 2.05) is 26.2 Å². The van der Waals surface area contributed by atoms with E-state index < -0.39 is 0 Å². The summed E-state index contributed by atoms with van der Waals surface area (Å²) in [6.07, 6.45) is 6.72. The molecule has 0 fully saturated rings. The zero-order chi connectivity index (χ0) is 17.0. The summed E-state index contributed by atoms with van der Waals surface area (Å²) in [7, 11) is 0. The lowest BCUT2D eigenvalue weighted by Crippen LogP contribution is -2.14. The van der Waals surface area contributed by atoms with Crippen molar-refractivity contribution in [1.29, 1.82) is 0 Å². The molecule has 4 nitrogen and oxygen atoms in total. The lowest BCUT2D eigenvalue weighted by Gasteiger charge is -2.21. The Kier molecular flexibility index (Phi) is 5.59. The van der Waals surface area contributed by atoms with E-state index in [9.17, 15) is 5.21 Å². The number of imidazole rings is 1. The van der Waals surface area contributed by atoms with Crippen LogP contribution in [0.5, 0.6) is 0 Å². The Balaban J connectivity index is 2.70. The van der Waals surface area contributed by atoms with Crippen molar-refractivity contribution in [2.45, 2.75) is 60.4 Å². The normalized spacial score (nSPS) is 12.0. The first-order chi connectivity index (χ1) is 11.1. The van der Waals surface area contributed by atoms with Crippen molar-refractivity contribution >= 4 is 5.71 Å². The van der Waals surface area contributed by atoms with Crippen LogP contribution in [0.2, 0.25) is 0 Å². The van der Waals surface area contributed by atoms with Crippen molar-refractivity contribution in [2.75, 3.05) is 0 Å². The smallest absolute Gasteiger partial charge is 0.105 e. The summed E-state index contributed by atoms with van der Waals surface area (Å²) in [5.41, 5.74) is 7.09. The molecule has 0 aliphatic carbocycles. The van der Waals surface area contributed by atoms with Crippen LogP contribution in [-0.2, 0) is 25.8 Å². The third kappa shape index (κ3) is 3.31. The van der Waals surface area contributed by atoms with Crippen LogP contribution in [0.3, 0.4) is 0 Å². The first kappa shape index (κ1) is 17.3. The van der Waals surface area contributed by atoms with Crippen LogP contribution in [0.15, 0.2) is 23.6 Å². The molecule has 2 rings (SSSR count). The van der Waals surface area contributed by atoms with Gasteiger partial charge in [0.25, 0.3) is 0 Å². The monoisotopic (exact) mass is 313 g/mol. The Morgan fingerprint density at radius 3 is 2.30 bits per heavy atom. The molecule has 2 aromatic rings. The zero-order valence-electron chi connectivity index (χ0n) is 14.8. The second-order valence-corrected chi connectivity index (χ2v) is 5.88. The number of oxime groups is 1. The van der Waals surface area contributed by atoms with Gasteiger partial charge < -0.3 is 9.77 Å². The summed E-state index contributed by atoms with van der Waals surface area (Å²) in [5, 5.41) is 12.8. The van der Waals surface area contributed by atoms with E-state index in [-0.39, 0.29) is 0 Å². The molecule has 124 valence electrons. The molecule has 1 aromatic carbocycles. The summed E-state index contributed by atoms with van der Waals surface area (Å²) in [6.45, 7) is 11.2.